The molecule has 3 amide bonds. The van der Waals surface area contributed by atoms with Crippen molar-refractivity contribution in [3.05, 3.63) is 21.3 Å². The number of urea groups is 1. The fourth-order valence-electron chi connectivity index (χ4n) is 3.40. The number of likely N-dealkylation sites (N-methyl/N-ethyl adjacent to an activating group) is 1. The number of nitrogens with one attached hydrogen (secondary N) is 1. The predicted octanol–water partition coefficient (Wildman–Crippen LogP) is 2.55. The minimum atomic E-state index is -0.780. The van der Waals surface area contributed by atoms with Crippen molar-refractivity contribution in [1.82, 2.24) is 15.1 Å². The molecular formula is C15H20ClN3O2S. The van der Waals surface area contributed by atoms with E-state index in [2.05, 4.69) is 16.3 Å². The average Bonchev–Trinajstić information content (AvgIpc) is 2.98. The standard InChI is InChI=1S/C15H20ClN3O2S/c1-15(13(20)18(2)14(21)17-15)10-4-3-7-19(8-10)9-11-5-6-12(16)22-11/h5-6,10H,3-4,7-9H2,1-2H3,(H,17,21). The zero-order valence-corrected chi connectivity index (χ0v) is 14.3. The molecular weight excluding hydrogens is 322 g/mol. The molecule has 0 spiro atoms. The molecule has 5 nitrogen and oxygen atoms in total. The number of piperidine rings is 1. The van der Waals surface area contributed by atoms with Crippen molar-refractivity contribution in [2.24, 2.45) is 5.92 Å². The van der Waals surface area contributed by atoms with E-state index >= 15 is 0 Å². The summed E-state index contributed by atoms with van der Waals surface area (Å²) in [5.74, 6) is 0.0154. The van der Waals surface area contributed by atoms with Crippen LogP contribution in [0.15, 0.2) is 12.1 Å². The largest absolute Gasteiger partial charge is 0.324 e. The highest BCUT2D eigenvalue weighted by molar-refractivity contribution is 7.16. The van der Waals surface area contributed by atoms with Gasteiger partial charge in [-0.25, -0.2) is 4.79 Å². The number of rotatable bonds is 3. The fraction of sp³-hybridized carbons (Fsp3) is 0.600. The number of hydrogen-bond acceptors (Lipinski definition) is 4. The van der Waals surface area contributed by atoms with E-state index in [1.807, 2.05) is 13.0 Å². The summed E-state index contributed by atoms with van der Waals surface area (Å²) in [5.41, 5.74) is -0.780. The maximum absolute atomic E-state index is 12.4. The Bertz CT molecular complexity index is 605. The smallest absolute Gasteiger partial charge is 0.323 e. The zero-order valence-electron chi connectivity index (χ0n) is 12.8. The molecule has 0 saturated carbocycles. The lowest BCUT2D eigenvalue weighted by molar-refractivity contribution is -0.132. The quantitative estimate of drug-likeness (QED) is 0.860. The van der Waals surface area contributed by atoms with Gasteiger partial charge in [-0.15, -0.1) is 11.3 Å². The Morgan fingerprint density at radius 1 is 1.45 bits per heavy atom. The van der Waals surface area contributed by atoms with E-state index in [4.69, 9.17) is 11.6 Å². The number of imide groups is 1. The number of carbonyl (C=O) groups excluding carboxylic acids is 2. The Hall–Kier alpha value is -1.11. The third kappa shape index (κ3) is 2.75. The summed E-state index contributed by atoms with van der Waals surface area (Å²) < 4.78 is 0.801. The van der Waals surface area contributed by atoms with Gasteiger partial charge in [-0.05, 0) is 38.4 Å². The molecule has 0 radical (unpaired) electrons. The second-order valence-electron chi connectivity index (χ2n) is 6.28. The molecule has 0 aromatic carbocycles. The predicted molar refractivity (Wildman–Crippen MR) is 87.0 cm³/mol. The van der Waals surface area contributed by atoms with Crippen LogP contribution in [0.25, 0.3) is 0 Å². The summed E-state index contributed by atoms with van der Waals surface area (Å²) in [5, 5.41) is 2.88. The molecule has 3 heterocycles. The van der Waals surface area contributed by atoms with Gasteiger partial charge in [0.05, 0.1) is 4.34 Å². The highest BCUT2D eigenvalue weighted by atomic mass is 35.5. The molecule has 2 fully saturated rings. The lowest BCUT2D eigenvalue weighted by Gasteiger charge is -2.39. The fourth-order valence-corrected chi connectivity index (χ4v) is 4.53. The van der Waals surface area contributed by atoms with Crippen LogP contribution in [-0.4, -0.2) is 47.4 Å². The highest BCUT2D eigenvalue weighted by Gasteiger charge is 2.51. The second kappa shape index (κ2) is 5.83. The molecule has 1 aromatic rings. The van der Waals surface area contributed by atoms with Gasteiger partial charge in [0.25, 0.3) is 5.91 Å². The Morgan fingerprint density at radius 2 is 2.23 bits per heavy atom. The van der Waals surface area contributed by atoms with E-state index in [0.29, 0.717) is 0 Å². The molecule has 2 atom stereocenters. The molecule has 2 unspecified atom stereocenters. The first-order chi connectivity index (χ1) is 10.4. The SMILES string of the molecule is CN1C(=O)NC(C)(C2CCCN(Cc3ccc(Cl)s3)C2)C1=O. The summed E-state index contributed by atoms with van der Waals surface area (Å²) >= 11 is 7.58. The molecule has 2 aliphatic heterocycles. The van der Waals surface area contributed by atoms with Crippen LogP contribution >= 0.6 is 22.9 Å². The number of amides is 3. The van der Waals surface area contributed by atoms with Gasteiger partial charge in [0.15, 0.2) is 0 Å². The summed E-state index contributed by atoms with van der Waals surface area (Å²) in [6.07, 6.45) is 1.99. The first-order valence-corrected chi connectivity index (χ1v) is 8.66. The van der Waals surface area contributed by atoms with E-state index in [9.17, 15) is 9.59 Å². The van der Waals surface area contributed by atoms with Gasteiger partial charge < -0.3 is 5.32 Å². The number of thiophene rings is 1. The molecule has 3 rings (SSSR count). The van der Waals surface area contributed by atoms with Crippen molar-refractivity contribution in [2.45, 2.75) is 31.8 Å². The molecule has 22 heavy (non-hydrogen) atoms. The Balaban J connectivity index is 1.70. The molecule has 7 heteroatoms. The van der Waals surface area contributed by atoms with Crippen LogP contribution < -0.4 is 5.32 Å². The number of halogens is 1. The summed E-state index contributed by atoms with van der Waals surface area (Å²) in [6, 6.07) is 3.67. The van der Waals surface area contributed by atoms with Crippen molar-refractivity contribution < 1.29 is 9.59 Å². The van der Waals surface area contributed by atoms with Crippen LogP contribution in [0, 0.1) is 5.92 Å². The number of carbonyl (C=O) groups is 2. The molecule has 1 aromatic heterocycles. The second-order valence-corrected chi connectivity index (χ2v) is 8.08. The van der Waals surface area contributed by atoms with Crippen LogP contribution in [0.4, 0.5) is 4.79 Å². The topological polar surface area (TPSA) is 52.7 Å². The first kappa shape index (κ1) is 15.8. The van der Waals surface area contributed by atoms with Crippen molar-refractivity contribution in [3.63, 3.8) is 0 Å². The minimum Gasteiger partial charge on any atom is -0.323 e. The monoisotopic (exact) mass is 341 g/mol. The number of nitrogens with zero attached hydrogens (tertiary/aromatic N) is 2. The summed E-state index contributed by atoms with van der Waals surface area (Å²) in [6.45, 7) is 4.53. The molecule has 0 bridgehead atoms. The lowest BCUT2D eigenvalue weighted by atomic mass is 9.80. The third-order valence-corrected chi connectivity index (χ3v) is 5.97. The normalized spacial score (nSPS) is 30.0. The Labute approximate surface area is 139 Å². The van der Waals surface area contributed by atoms with Crippen molar-refractivity contribution in [2.75, 3.05) is 20.1 Å². The van der Waals surface area contributed by atoms with Gasteiger partial charge in [-0.2, -0.15) is 0 Å². The van der Waals surface area contributed by atoms with E-state index in [-0.39, 0.29) is 17.9 Å². The van der Waals surface area contributed by atoms with Crippen LogP contribution in [0.3, 0.4) is 0 Å². The molecule has 1 N–H and O–H groups in total. The third-order valence-electron chi connectivity index (χ3n) is 4.75. The summed E-state index contributed by atoms with van der Waals surface area (Å²) in [4.78, 5) is 29.0. The highest BCUT2D eigenvalue weighted by Crippen LogP contribution is 2.33. The van der Waals surface area contributed by atoms with E-state index in [1.165, 1.54) is 16.8 Å². The van der Waals surface area contributed by atoms with E-state index < -0.39 is 5.54 Å². The minimum absolute atomic E-state index is 0.122. The first-order valence-electron chi connectivity index (χ1n) is 7.47. The van der Waals surface area contributed by atoms with Gasteiger partial charge in [0.1, 0.15) is 5.54 Å². The molecule has 0 aliphatic carbocycles. The van der Waals surface area contributed by atoms with Crippen LogP contribution in [0.1, 0.15) is 24.6 Å². The van der Waals surface area contributed by atoms with Crippen molar-refractivity contribution in [1.29, 1.82) is 0 Å². The molecule has 2 saturated heterocycles. The Morgan fingerprint density at radius 3 is 2.82 bits per heavy atom. The number of likely N-dealkylation sites (tertiary alicyclic amines) is 1. The number of hydrogen-bond donors (Lipinski definition) is 1. The summed E-state index contributed by atoms with van der Waals surface area (Å²) in [7, 11) is 1.54. The maximum Gasteiger partial charge on any atom is 0.324 e. The molecule has 120 valence electrons. The van der Waals surface area contributed by atoms with E-state index in [0.717, 1.165) is 36.8 Å². The lowest BCUT2D eigenvalue weighted by Crippen LogP contribution is -2.55. The maximum atomic E-state index is 12.4. The van der Waals surface area contributed by atoms with Gasteiger partial charge in [-0.3, -0.25) is 14.6 Å². The Kier molecular flexibility index (Phi) is 4.18. The molecule has 2 aliphatic rings. The van der Waals surface area contributed by atoms with Crippen molar-refractivity contribution >= 4 is 34.9 Å². The van der Waals surface area contributed by atoms with Crippen LogP contribution in [0.5, 0.6) is 0 Å². The van der Waals surface area contributed by atoms with Crippen LogP contribution in [-0.2, 0) is 11.3 Å². The average molecular weight is 342 g/mol. The van der Waals surface area contributed by atoms with Gasteiger partial charge >= 0.3 is 6.03 Å². The van der Waals surface area contributed by atoms with Crippen molar-refractivity contribution in [3.8, 4) is 0 Å². The van der Waals surface area contributed by atoms with Crippen LogP contribution in [0.2, 0.25) is 4.34 Å². The van der Waals surface area contributed by atoms with Gasteiger partial charge in [0.2, 0.25) is 0 Å². The van der Waals surface area contributed by atoms with E-state index in [1.54, 1.807) is 11.3 Å². The van der Waals surface area contributed by atoms with Gasteiger partial charge in [-0.1, -0.05) is 11.6 Å². The van der Waals surface area contributed by atoms with Gasteiger partial charge in [0, 0.05) is 30.9 Å². The zero-order chi connectivity index (χ0) is 15.9.